The standard InChI is InChI=1S/C10H15N3O3S/c1-13(2)7-10(14)12-8-5-3-4-6-9(8)17(11,15)16/h3-6H,7H2,1-2H3,(H,12,14)(H2,11,15,16). The second-order valence-electron chi connectivity index (χ2n) is 3.83. The van der Waals surface area contributed by atoms with Crippen molar-refractivity contribution in [1.82, 2.24) is 4.90 Å². The summed E-state index contributed by atoms with van der Waals surface area (Å²) in [6.07, 6.45) is 0. The Labute approximate surface area is 100 Å². The molecule has 0 spiro atoms. The first-order valence-electron chi connectivity index (χ1n) is 4.87. The minimum absolute atomic E-state index is 0.0906. The van der Waals surface area contributed by atoms with Crippen molar-refractivity contribution < 1.29 is 13.2 Å². The fourth-order valence-electron chi connectivity index (χ4n) is 1.29. The highest BCUT2D eigenvalue weighted by Gasteiger charge is 2.14. The van der Waals surface area contributed by atoms with Gasteiger partial charge in [0, 0.05) is 0 Å². The van der Waals surface area contributed by atoms with Gasteiger partial charge in [-0.25, -0.2) is 13.6 Å². The van der Waals surface area contributed by atoms with E-state index in [1.54, 1.807) is 31.1 Å². The smallest absolute Gasteiger partial charge is 0.240 e. The zero-order chi connectivity index (χ0) is 13.1. The Bertz CT molecular complexity index is 511. The number of hydrogen-bond donors (Lipinski definition) is 2. The molecule has 0 saturated carbocycles. The fraction of sp³-hybridized carbons (Fsp3) is 0.300. The molecule has 0 aliphatic rings. The maximum Gasteiger partial charge on any atom is 0.240 e. The Hall–Kier alpha value is -1.44. The number of carbonyl (C=O) groups is 1. The van der Waals surface area contributed by atoms with Gasteiger partial charge in [0.15, 0.2) is 0 Å². The van der Waals surface area contributed by atoms with Crippen molar-refractivity contribution in [2.24, 2.45) is 5.14 Å². The fourth-order valence-corrected chi connectivity index (χ4v) is 1.99. The first-order chi connectivity index (χ1) is 7.80. The van der Waals surface area contributed by atoms with Crippen LogP contribution < -0.4 is 10.5 Å². The monoisotopic (exact) mass is 257 g/mol. The number of para-hydroxylation sites is 1. The summed E-state index contributed by atoms with van der Waals surface area (Å²) in [6.45, 7) is 0.166. The van der Waals surface area contributed by atoms with Crippen LogP contribution in [0, 0.1) is 0 Å². The van der Waals surface area contributed by atoms with Crippen molar-refractivity contribution in [1.29, 1.82) is 0 Å². The molecule has 6 nitrogen and oxygen atoms in total. The highest BCUT2D eigenvalue weighted by Crippen LogP contribution is 2.18. The van der Waals surface area contributed by atoms with Crippen molar-refractivity contribution >= 4 is 21.6 Å². The van der Waals surface area contributed by atoms with Gasteiger partial charge >= 0.3 is 0 Å². The number of carbonyl (C=O) groups excluding carboxylic acids is 1. The number of likely N-dealkylation sites (N-methyl/N-ethyl adjacent to an activating group) is 1. The molecule has 0 atom stereocenters. The van der Waals surface area contributed by atoms with Crippen LogP contribution in [0.3, 0.4) is 0 Å². The average molecular weight is 257 g/mol. The van der Waals surface area contributed by atoms with Gasteiger partial charge in [0.2, 0.25) is 15.9 Å². The van der Waals surface area contributed by atoms with E-state index in [-0.39, 0.29) is 23.0 Å². The lowest BCUT2D eigenvalue weighted by molar-refractivity contribution is -0.116. The van der Waals surface area contributed by atoms with E-state index in [0.717, 1.165) is 0 Å². The van der Waals surface area contributed by atoms with E-state index < -0.39 is 10.0 Å². The van der Waals surface area contributed by atoms with Gasteiger partial charge in [-0.2, -0.15) is 0 Å². The summed E-state index contributed by atoms with van der Waals surface area (Å²) in [7, 11) is -0.353. The number of sulfonamides is 1. The maximum absolute atomic E-state index is 11.5. The van der Waals surface area contributed by atoms with Crippen molar-refractivity contribution in [3.63, 3.8) is 0 Å². The molecule has 0 saturated heterocycles. The molecule has 17 heavy (non-hydrogen) atoms. The first kappa shape index (κ1) is 13.6. The van der Waals surface area contributed by atoms with Crippen LogP contribution in [0.5, 0.6) is 0 Å². The van der Waals surface area contributed by atoms with Crippen LogP contribution in [0.2, 0.25) is 0 Å². The lowest BCUT2D eigenvalue weighted by Crippen LogP contribution is -2.28. The van der Waals surface area contributed by atoms with Gasteiger partial charge < -0.3 is 10.2 Å². The van der Waals surface area contributed by atoms with Crippen LogP contribution >= 0.6 is 0 Å². The molecule has 0 aliphatic heterocycles. The molecule has 1 amide bonds. The van der Waals surface area contributed by atoms with Gasteiger partial charge in [0.05, 0.1) is 12.2 Å². The third-order valence-corrected chi connectivity index (χ3v) is 2.90. The van der Waals surface area contributed by atoms with Crippen LogP contribution in [0.25, 0.3) is 0 Å². The van der Waals surface area contributed by atoms with Gasteiger partial charge in [-0.15, -0.1) is 0 Å². The number of benzene rings is 1. The zero-order valence-corrected chi connectivity index (χ0v) is 10.5. The van der Waals surface area contributed by atoms with Crippen LogP contribution in [0.15, 0.2) is 29.2 Å². The highest BCUT2D eigenvalue weighted by atomic mass is 32.2. The van der Waals surface area contributed by atoms with Crippen molar-refractivity contribution in [2.45, 2.75) is 4.90 Å². The number of nitrogens with zero attached hydrogens (tertiary/aromatic N) is 1. The minimum Gasteiger partial charge on any atom is -0.324 e. The number of hydrogen-bond acceptors (Lipinski definition) is 4. The molecule has 0 heterocycles. The van der Waals surface area contributed by atoms with Crippen molar-refractivity contribution in [3.8, 4) is 0 Å². The van der Waals surface area contributed by atoms with Gasteiger partial charge in [0.1, 0.15) is 4.90 Å². The number of anilines is 1. The summed E-state index contributed by atoms with van der Waals surface area (Å²) >= 11 is 0. The maximum atomic E-state index is 11.5. The summed E-state index contributed by atoms with van der Waals surface area (Å²) < 4.78 is 22.5. The molecule has 0 aromatic heterocycles. The molecule has 7 heteroatoms. The zero-order valence-electron chi connectivity index (χ0n) is 9.67. The Kier molecular flexibility index (Phi) is 4.22. The molecular formula is C10H15N3O3S. The van der Waals surface area contributed by atoms with E-state index in [1.165, 1.54) is 12.1 Å². The number of nitrogens with two attached hydrogens (primary N) is 1. The van der Waals surface area contributed by atoms with E-state index in [9.17, 15) is 13.2 Å². The van der Waals surface area contributed by atoms with E-state index in [4.69, 9.17) is 5.14 Å². The predicted octanol–water partition coefficient (Wildman–Crippen LogP) is -0.166. The quantitative estimate of drug-likeness (QED) is 0.783. The van der Waals surface area contributed by atoms with Gasteiger partial charge in [-0.1, -0.05) is 12.1 Å². The molecular weight excluding hydrogens is 242 g/mol. The SMILES string of the molecule is CN(C)CC(=O)Nc1ccccc1S(N)(=O)=O. The molecule has 1 rings (SSSR count). The Morgan fingerprint density at radius 2 is 1.94 bits per heavy atom. The summed E-state index contributed by atoms with van der Waals surface area (Å²) in [5.74, 6) is -0.300. The average Bonchev–Trinajstić information content (AvgIpc) is 2.15. The van der Waals surface area contributed by atoms with Crippen LogP contribution in [-0.4, -0.2) is 39.9 Å². The topological polar surface area (TPSA) is 92.5 Å². The van der Waals surface area contributed by atoms with Crippen LogP contribution in [0.4, 0.5) is 5.69 Å². The Morgan fingerprint density at radius 1 is 1.35 bits per heavy atom. The number of rotatable bonds is 4. The molecule has 3 N–H and O–H groups in total. The predicted molar refractivity (Wildman–Crippen MR) is 65.0 cm³/mol. The summed E-state index contributed by atoms with van der Waals surface area (Å²) in [5.41, 5.74) is 0.196. The van der Waals surface area contributed by atoms with E-state index in [0.29, 0.717) is 0 Å². The minimum atomic E-state index is -3.84. The molecule has 1 aromatic rings. The third-order valence-electron chi connectivity index (χ3n) is 1.93. The highest BCUT2D eigenvalue weighted by molar-refractivity contribution is 7.89. The molecule has 0 fully saturated rings. The molecule has 0 unspecified atom stereocenters. The number of nitrogens with one attached hydrogen (secondary N) is 1. The molecule has 0 radical (unpaired) electrons. The van der Waals surface area contributed by atoms with Gasteiger partial charge in [0.25, 0.3) is 0 Å². The summed E-state index contributed by atoms with van der Waals surface area (Å²) in [4.78, 5) is 13.1. The van der Waals surface area contributed by atoms with Crippen molar-refractivity contribution in [2.75, 3.05) is 26.0 Å². The Morgan fingerprint density at radius 3 is 2.47 bits per heavy atom. The van der Waals surface area contributed by atoms with Crippen LogP contribution in [-0.2, 0) is 14.8 Å². The summed E-state index contributed by atoms with van der Waals surface area (Å²) in [6, 6.07) is 6.01. The van der Waals surface area contributed by atoms with Crippen molar-refractivity contribution in [3.05, 3.63) is 24.3 Å². The lowest BCUT2D eigenvalue weighted by atomic mass is 10.3. The van der Waals surface area contributed by atoms with E-state index >= 15 is 0 Å². The number of amides is 1. The van der Waals surface area contributed by atoms with Crippen LogP contribution in [0.1, 0.15) is 0 Å². The van der Waals surface area contributed by atoms with Gasteiger partial charge in [-0.3, -0.25) is 4.79 Å². The Balaban J connectivity index is 2.96. The molecule has 0 aliphatic carbocycles. The summed E-state index contributed by atoms with van der Waals surface area (Å²) in [5, 5.41) is 7.55. The lowest BCUT2D eigenvalue weighted by Gasteiger charge is -2.12. The van der Waals surface area contributed by atoms with Gasteiger partial charge in [-0.05, 0) is 26.2 Å². The normalized spacial score (nSPS) is 11.5. The number of primary sulfonamides is 1. The van der Waals surface area contributed by atoms with E-state index in [2.05, 4.69) is 5.32 Å². The molecule has 0 bridgehead atoms. The largest absolute Gasteiger partial charge is 0.324 e. The first-order valence-corrected chi connectivity index (χ1v) is 6.42. The molecule has 1 aromatic carbocycles. The third kappa shape index (κ3) is 4.14. The second-order valence-corrected chi connectivity index (χ2v) is 5.36. The molecule has 94 valence electrons. The second kappa shape index (κ2) is 5.26. The van der Waals surface area contributed by atoms with E-state index in [1.807, 2.05) is 0 Å².